The second-order valence-electron chi connectivity index (χ2n) is 7.47. The highest BCUT2D eigenvalue weighted by atomic mass is 16.5. The third kappa shape index (κ3) is 4.39. The molecule has 7 nitrogen and oxygen atoms in total. The number of ether oxygens (including phenoxy) is 2. The van der Waals surface area contributed by atoms with E-state index in [1.807, 2.05) is 38.1 Å². The van der Waals surface area contributed by atoms with Crippen molar-refractivity contribution in [3.05, 3.63) is 42.4 Å². The van der Waals surface area contributed by atoms with Crippen molar-refractivity contribution in [2.75, 3.05) is 24.6 Å². The molecule has 1 saturated heterocycles. The lowest BCUT2D eigenvalue weighted by molar-refractivity contribution is 0.133. The Kier molecular flexibility index (Phi) is 5.74. The van der Waals surface area contributed by atoms with Crippen LogP contribution in [0.3, 0.4) is 0 Å². The van der Waals surface area contributed by atoms with Gasteiger partial charge in [0.15, 0.2) is 5.82 Å². The van der Waals surface area contributed by atoms with Gasteiger partial charge in [-0.05, 0) is 63.8 Å². The molecule has 3 aromatic rings. The second kappa shape index (κ2) is 8.59. The van der Waals surface area contributed by atoms with E-state index in [2.05, 4.69) is 38.1 Å². The summed E-state index contributed by atoms with van der Waals surface area (Å²) in [6.45, 7) is 8.58. The first-order chi connectivity index (χ1) is 14.1. The zero-order valence-corrected chi connectivity index (χ0v) is 17.2. The molecule has 2 aromatic heterocycles. The fraction of sp³-hybridized carbons (Fsp3) is 0.455. The molecule has 29 heavy (non-hydrogen) atoms. The first-order valence-corrected chi connectivity index (χ1v) is 10.2. The molecule has 0 radical (unpaired) electrons. The van der Waals surface area contributed by atoms with E-state index in [0.717, 1.165) is 54.1 Å². The fourth-order valence-electron chi connectivity index (χ4n) is 3.81. The largest absolute Gasteiger partial charge is 0.490 e. The molecule has 1 atom stereocenters. The van der Waals surface area contributed by atoms with Gasteiger partial charge >= 0.3 is 0 Å². The molecular weight excluding hydrogens is 366 g/mol. The molecule has 0 spiro atoms. The van der Waals surface area contributed by atoms with Gasteiger partial charge in [-0.15, -0.1) is 5.10 Å². The Balaban J connectivity index is 1.38. The number of rotatable bonds is 6. The first kappa shape index (κ1) is 19.4. The van der Waals surface area contributed by atoms with Crippen molar-refractivity contribution >= 4 is 16.7 Å². The Morgan fingerprint density at radius 1 is 1.10 bits per heavy atom. The number of benzene rings is 1. The standard InChI is InChI=1S/C22H27N5O2/c1-4-28-22-19-7-6-18(13-20(19)23-14-24-22)29-16(3)17-9-11-27(12-10-17)21-8-5-15(2)25-26-21/h5-8,13-14,16-17H,4,9-12H2,1-3H3. The minimum absolute atomic E-state index is 0.131. The van der Waals surface area contributed by atoms with Gasteiger partial charge in [-0.25, -0.2) is 9.97 Å². The number of aromatic nitrogens is 4. The maximum absolute atomic E-state index is 6.27. The number of hydrogen-bond donors (Lipinski definition) is 0. The summed E-state index contributed by atoms with van der Waals surface area (Å²) < 4.78 is 11.9. The van der Waals surface area contributed by atoms with Gasteiger partial charge in [-0.3, -0.25) is 0 Å². The van der Waals surface area contributed by atoms with Crippen LogP contribution in [0.2, 0.25) is 0 Å². The Bertz CT molecular complexity index is 955. The molecule has 1 aliphatic rings. The van der Waals surface area contributed by atoms with E-state index in [4.69, 9.17) is 9.47 Å². The van der Waals surface area contributed by atoms with Gasteiger partial charge in [0.1, 0.15) is 12.1 Å². The van der Waals surface area contributed by atoms with Gasteiger partial charge in [0.2, 0.25) is 5.88 Å². The summed E-state index contributed by atoms with van der Waals surface area (Å²) in [5.41, 5.74) is 1.78. The maximum atomic E-state index is 6.27. The van der Waals surface area contributed by atoms with Crippen LogP contribution in [-0.2, 0) is 0 Å². The molecular formula is C22H27N5O2. The molecule has 0 amide bonds. The average Bonchev–Trinajstić information content (AvgIpc) is 2.75. The predicted molar refractivity (Wildman–Crippen MR) is 113 cm³/mol. The highest BCUT2D eigenvalue weighted by Crippen LogP contribution is 2.29. The van der Waals surface area contributed by atoms with Gasteiger partial charge in [0, 0.05) is 19.2 Å². The van der Waals surface area contributed by atoms with Crippen LogP contribution in [0.15, 0.2) is 36.7 Å². The number of piperidine rings is 1. The summed E-state index contributed by atoms with van der Waals surface area (Å²) in [6.07, 6.45) is 3.80. The molecule has 4 rings (SSSR count). The van der Waals surface area contributed by atoms with Crippen molar-refractivity contribution < 1.29 is 9.47 Å². The molecule has 1 aliphatic heterocycles. The summed E-state index contributed by atoms with van der Waals surface area (Å²) in [5, 5.41) is 9.39. The average molecular weight is 393 g/mol. The van der Waals surface area contributed by atoms with Crippen LogP contribution in [0, 0.1) is 12.8 Å². The molecule has 0 bridgehead atoms. The van der Waals surface area contributed by atoms with Gasteiger partial charge in [0.25, 0.3) is 0 Å². The summed E-state index contributed by atoms with van der Waals surface area (Å²) in [7, 11) is 0. The topological polar surface area (TPSA) is 73.3 Å². The van der Waals surface area contributed by atoms with E-state index in [9.17, 15) is 0 Å². The van der Waals surface area contributed by atoms with Crippen LogP contribution >= 0.6 is 0 Å². The van der Waals surface area contributed by atoms with Gasteiger partial charge in [0.05, 0.1) is 29.3 Å². The fourth-order valence-corrected chi connectivity index (χ4v) is 3.81. The van der Waals surface area contributed by atoms with Crippen LogP contribution in [0.5, 0.6) is 11.6 Å². The van der Waals surface area contributed by atoms with Crippen LogP contribution in [0.1, 0.15) is 32.4 Å². The quantitative estimate of drug-likeness (QED) is 0.630. The zero-order valence-electron chi connectivity index (χ0n) is 17.2. The normalized spacial score (nSPS) is 16.0. The SMILES string of the molecule is CCOc1ncnc2cc(OC(C)C3CCN(c4ccc(C)nn4)CC3)ccc12. The zero-order chi connectivity index (χ0) is 20.2. The third-order valence-corrected chi connectivity index (χ3v) is 5.49. The highest BCUT2D eigenvalue weighted by Gasteiger charge is 2.26. The Labute approximate surface area is 171 Å². The lowest BCUT2D eigenvalue weighted by Crippen LogP contribution is -2.39. The van der Waals surface area contributed by atoms with E-state index in [0.29, 0.717) is 18.4 Å². The molecule has 1 unspecified atom stereocenters. The van der Waals surface area contributed by atoms with Crippen LogP contribution in [0.25, 0.3) is 10.9 Å². The summed E-state index contributed by atoms with van der Waals surface area (Å²) >= 11 is 0. The van der Waals surface area contributed by atoms with Gasteiger partial charge < -0.3 is 14.4 Å². The van der Waals surface area contributed by atoms with E-state index in [1.54, 1.807) is 0 Å². The van der Waals surface area contributed by atoms with E-state index >= 15 is 0 Å². The smallest absolute Gasteiger partial charge is 0.224 e. The lowest BCUT2D eigenvalue weighted by Gasteiger charge is -2.35. The van der Waals surface area contributed by atoms with E-state index in [1.165, 1.54) is 6.33 Å². The monoisotopic (exact) mass is 393 g/mol. The molecule has 1 aromatic carbocycles. The Morgan fingerprint density at radius 3 is 2.66 bits per heavy atom. The third-order valence-electron chi connectivity index (χ3n) is 5.49. The van der Waals surface area contributed by atoms with Gasteiger partial charge in [-0.2, -0.15) is 5.10 Å². The van der Waals surface area contributed by atoms with Crippen LogP contribution in [-0.4, -0.2) is 46.0 Å². The summed E-state index contributed by atoms with van der Waals surface area (Å²) in [6, 6.07) is 9.98. The minimum atomic E-state index is 0.131. The number of hydrogen-bond acceptors (Lipinski definition) is 7. The first-order valence-electron chi connectivity index (χ1n) is 10.2. The minimum Gasteiger partial charge on any atom is -0.490 e. The molecule has 0 aliphatic carbocycles. The molecule has 0 saturated carbocycles. The van der Waals surface area contributed by atoms with E-state index in [-0.39, 0.29) is 6.10 Å². The molecule has 1 fully saturated rings. The Hall–Kier alpha value is -2.96. The van der Waals surface area contributed by atoms with Crippen molar-refractivity contribution in [3.63, 3.8) is 0 Å². The van der Waals surface area contributed by atoms with Crippen LogP contribution in [0.4, 0.5) is 5.82 Å². The molecule has 152 valence electrons. The van der Waals surface area contributed by atoms with Crippen molar-refractivity contribution in [1.29, 1.82) is 0 Å². The number of aryl methyl sites for hydroxylation is 1. The number of nitrogens with zero attached hydrogens (tertiary/aromatic N) is 5. The molecule has 0 N–H and O–H groups in total. The Morgan fingerprint density at radius 2 is 1.93 bits per heavy atom. The van der Waals surface area contributed by atoms with Crippen molar-refractivity contribution in [1.82, 2.24) is 20.2 Å². The maximum Gasteiger partial charge on any atom is 0.224 e. The van der Waals surface area contributed by atoms with E-state index < -0.39 is 0 Å². The number of fused-ring (bicyclic) bond motifs is 1. The molecule has 3 heterocycles. The van der Waals surface area contributed by atoms with Crippen LogP contribution < -0.4 is 14.4 Å². The summed E-state index contributed by atoms with van der Waals surface area (Å²) in [4.78, 5) is 10.9. The molecule has 7 heteroatoms. The van der Waals surface area contributed by atoms with Crippen molar-refractivity contribution in [2.45, 2.75) is 39.7 Å². The highest BCUT2D eigenvalue weighted by molar-refractivity contribution is 5.84. The summed E-state index contributed by atoms with van der Waals surface area (Å²) in [5.74, 6) is 2.91. The van der Waals surface area contributed by atoms with Crippen molar-refractivity contribution in [2.24, 2.45) is 5.92 Å². The predicted octanol–water partition coefficient (Wildman–Crippen LogP) is 3.81. The van der Waals surface area contributed by atoms with Crippen molar-refractivity contribution in [3.8, 4) is 11.6 Å². The van der Waals surface area contributed by atoms with Gasteiger partial charge in [-0.1, -0.05) is 0 Å². The lowest BCUT2D eigenvalue weighted by atomic mass is 9.92. The number of anilines is 1. The second-order valence-corrected chi connectivity index (χ2v) is 7.47.